The number of aryl methyl sites for hydroxylation is 1. The van der Waals surface area contributed by atoms with Gasteiger partial charge in [-0.15, -0.1) is 0 Å². The third-order valence-electron chi connectivity index (χ3n) is 4.48. The maximum absolute atomic E-state index is 5.81. The topological polar surface area (TPSA) is 46.2 Å². The zero-order valence-corrected chi connectivity index (χ0v) is 17.0. The highest BCUT2D eigenvalue weighted by molar-refractivity contribution is 7.80. The van der Waals surface area contributed by atoms with E-state index in [1.165, 1.54) is 5.56 Å². The van der Waals surface area contributed by atoms with Gasteiger partial charge in [0.1, 0.15) is 12.4 Å². The van der Waals surface area contributed by atoms with Crippen molar-refractivity contribution in [1.29, 1.82) is 0 Å². The molecule has 4 nitrogen and oxygen atoms in total. The first kappa shape index (κ1) is 19.8. The Morgan fingerprint density at radius 1 is 1.04 bits per heavy atom. The molecule has 2 N–H and O–H groups in total. The number of thiocarbonyl (C=S) groups is 1. The van der Waals surface area contributed by atoms with Crippen molar-refractivity contribution >= 4 is 23.0 Å². The van der Waals surface area contributed by atoms with E-state index in [9.17, 15) is 0 Å². The SMILES string of the molecule is CCc1ccc(NC(=S)NC(C)c2ccc(OCc3cccnc3)cc2)cc1. The van der Waals surface area contributed by atoms with Gasteiger partial charge in [-0.1, -0.05) is 37.3 Å². The van der Waals surface area contributed by atoms with Crippen molar-refractivity contribution in [2.24, 2.45) is 0 Å². The number of hydrogen-bond acceptors (Lipinski definition) is 3. The molecule has 0 fully saturated rings. The number of pyridine rings is 1. The quantitative estimate of drug-likeness (QED) is 0.537. The van der Waals surface area contributed by atoms with Gasteiger partial charge >= 0.3 is 0 Å². The molecular weight excluding hydrogens is 366 g/mol. The number of aromatic nitrogens is 1. The van der Waals surface area contributed by atoms with E-state index in [1.54, 1.807) is 6.20 Å². The van der Waals surface area contributed by atoms with Gasteiger partial charge in [0.05, 0.1) is 6.04 Å². The fraction of sp³-hybridized carbons (Fsp3) is 0.217. The minimum absolute atomic E-state index is 0.0855. The zero-order valence-electron chi connectivity index (χ0n) is 16.2. The summed E-state index contributed by atoms with van der Waals surface area (Å²) in [6.45, 7) is 4.73. The van der Waals surface area contributed by atoms with Gasteiger partial charge < -0.3 is 15.4 Å². The van der Waals surface area contributed by atoms with Gasteiger partial charge in [-0.2, -0.15) is 0 Å². The monoisotopic (exact) mass is 391 g/mol. The molecule has 1 aromatic heterocycles. The van der Waals surface area contributed by atoms with Crippen LogP contribution in [0.25, 0.3) is 0 Å². The number of nitrogens with one attached hydrogen (secondary N) is 2. The Morgan fingerprint density at radius 2 is 1.79 bits per heavy atom. The summed E-state index contributed by atoms with van der Waals surface area (Å²) >= 11 is 5.44. The summed E-state index contributed by atoms with van der Waals surface area (Å²) < 4.78 is 5.81. The van der Waals surface area contributed by atoms with E-state index in [0.717, 1.165) is 29.0 Å². The number of nitrogens with zero attached hydrogens (tertiary/aromatic N) is 1. The van der Waals surface area contributed by atoms with Crippen molar-refractivity contribution in [3.8, 4) is 5.75 Å². The van der Waals surface area contributed by atoms with E-state index in [4.69, 9.17) is 17.0 Å². The number of anilines is 1. The molecule has 3 rings (SSSR count). The Balaban J connectivity index is 1.50. The van der Waals surface area contributed by atoms with Gasteiger partial charge in [-0.3, -0.25) is 4.98 Å². The molecule has 1 unspecified atom stereocenters. The first-order valence-corrected chi connectivity index (χ1v) is 9.83. The Hall–Kier alpha value is -2.92. The molecule has 0 bridgehead atoms. The van der Waals surface area contributed by atoms with E-state index in [0.29, 0.717) is 11.7 Å². The molecule has 5 heteroatoms. The lowest BCUT2D eigenvalue weighted by atomic mass is 10.1. The van der Waals surface area contributed by atoms with Crippen LogP contribution >= 0.6 is 12.2 Å². The molecular formula is C23H25N3OS. The summed E-state index contributed by atoms with van der Waals surface area (Å²) in [5.74, 6) is 0.830. The van der Waals surface area contributed by atoms with Gasteiger partial charge in [0.25, 0.3) is 0 Å². The van der Waals surface area contributed by atoms with Crippen LogP contribution in [0.2, 0.25) is 0 Å². The second kappa shape index (κ2) is 9.85. The third kappa shape index (κ3) is 5.79. The lowest BCUT2D eigenvalue weighted by molar-refractivity contribution is 0.305. The summed E-state index contributed by atoms with van der Waals surface area (Å²) in [4.78, 5) is 4.09. The summed E-state index contributed by atoms with van der Waals surface area (Å²) in [5.41, 5.74) is 4.48. The summed E-state index contributed by atoms with van der Waals surface area (Å²) in [6.07, 6.45) is 4.60. The first-order chi connectivity index (χ1) is 13.6. The van der Waals surface area contributed by atoms with Gasteiger partial charge in [0, 0.05) is 23.6 Å². The van der Waals surface area contributed by atoms with Gasteiger partial charge in [-0.25, -0.2) is 0 Å². The lowest BCUT2D eigenvalue weighted by Crippen LogP contribution is -2.30. The standard InChI is InChI=1S/C23H25N3OS/c1-3-18-6-10-21(11-7-18)26-23(28)25-17(2)20-8-12-22(13-9-20)27-16-19-5-4-14-24-15-19/h4-15,17H,3,16H2,1-2H3,(H2,25,26,28). The molecule has 1 heterocycles. The Morgan fingerprint density at radius 3 is 2.43 bits per heavy atom. The van der Waals surface area contributed by atoms with E-state index < -0.39 is 0 Å². The predicted molar refractivity (Wildman–Crippen MR) is 119 cm³/mol. The second-order valence-electron chi connectivity index (χ2n) is 6.59. The minimum Gasteiger partial charge on any atom is -0.489 e. The van der Waals surface area contributed by atoms with Gasteiger partial charge in [-0.05, 0) is 67.0 Å². The van der Waals surface area contributed by atoms with Crippen molar-refractivity contribution in [2.75, 3.05) is 5.32 Å². The van der Waals surface area contributed by atoms with Crippen molar-refractivity contribution in [3.05, 3.63) is 89.7 Å². The Kier molecular flexibility index (Phi) is 6.98. The maximum atomic E-state index is 5.81. The van der Waals surface area contributed by atoms with E-state index >= 15 is 0 Å². The van der Waals surface area contributed by atoms with Crippen LogP contribution in [0.4, 0.5) is 5.69 Å². The van der Waals surface area contributed by atoms with Crippen LogP contribution < -0.4 is 15.4 Å². The predicted octanol–water partition coefficient (Wildman–Crippen LogP) is 5.27. The molecule has 2 aromatic carbocycles. The minimum atomic E-state index is 0.0855. The molecule has 1 atom stereocenters. The Bertz CT molecular complexity index is 880. The van der Waals surface area contributed by atoms with E-state index in [-0.39, 0.29) is 6.04 Å². The van der Waals surface area contributed by atoms with Crippen LogP contribution in [-0.4, -0.2) is 10.1 Å². The number of rotatable bonds is 7. The largest absolute Gasteiger partial charge is 0.489 e. The zero-order chi connectivity index (χ0) is 19.8. The normalized spacial score (nSPS) is 11.5. The summed E-state index contributed by atoms with van der Waals surface area (Å²) in [7, 11) is 0. The van der Waals surface area contributed by atoms with E-state index in [1.807, 2.05) is 42.6 Å². The molecule has 0 radical (unpaired) electrons. The highest BCUT2D eigenvalue weighted by Gasteiger charge is 2.08. The van der Waals surface area contributed by atoms with Crippen LogP contribution in [-0.2, 0) is 13.0 Å². The molecule has 0 amide bonds. The van der Waals surface area contributed by atoms with Crippen molar-refractivity contribution < 1.29 is 4.74 Å². The molecule has 0 saturated heterocycles. The van der Waals surface area contributed by atoms with Crippen molar-refractivity contribution in [2.45, 2.75) is 32.9 Å². The lowest BCUT2D eigenvalue weighted by Gasteiger charge is -2.18. The summed E-state index contributed by atoms with van der Waals surface area (Å²) in [5, 5.41) is 7.16. The number of hydrogen-bond donors (Lipinski definition) is 2. The van der Waals surface area contributed by atoms with Crippen LogP contribution in [0.5, 0.6) is 5.75 Å². The average molecular weight is 392 g/mol. The number of ether oxygens (including phenoxy) is 1. The van der Waals surface area contributed by atoms with Crippen LogP contribution in [0, 0.1) is 0 Å². The van der Waals surface area contributed by atoms with Gasteiger partial charge in [0.2, 0.25) is 0 Å². The van der Waals surface area contributed by atoms with Crippen molar-refractivity contribution in [1.82, 2.24) is 10.3 Å². The fourth-order valence-electron chi connectivity index (χ4n) is 2.77. The van der Waals surface area contributed by atoms with E-state index in [2.05, 4.69) is 53.7 Å². The molecule has 0 aliphatic carbocycles. The molecule has 0 spiro atoms. The molecule has 28 heavy (non-hydrogen) atoms. The molecule has 3 aromatic rings. The fourth-order valence-corrected chi connectivity index (χ4v) is 3.07. The van der Waals surface area contributed by atoms with Crippen LogP contribution in [0.3, 0.4) is 0 Å². The van der Waals surface area contributed by atoms with Crippen LogP contribution in [0.15, 0.2) is 73.1 Å². The average Bonchev–Trinajstić information content (AvgIpc) is 2.74. The highest BCUT2D eigenvalue weighted by atomic mass is 32.1. The molecule has 144 valence electrons. The first-order valence-electron chi connectivity index (χ1n) is 9.42. The molecule has 0 aliphatic rings. The third-order valence-corrected chi connectivity index (χ3v) is 4.70. The van der Waals surface area contributed by atoms with Gasteiger partial charge in [0.15, 0.2) is 5.11 Å². The van der Waals surface area contributed by atoms with Crippen LogP contribution in [0.1, 0.15) is 36.6 Å². The Labute approximate surface area is 172 Å². The maximum Gasteiger partial charge on any atom is 0.171 e. The number of benzene rings is 2. The highest BCUT2D eigenvalue weighted by Crippen LogP contribution is 2.19. The second-order valence-corrected chi connectivity index (χ2v) is 7.00. The summed E-state index contributed by atoms with van der Waals surface area (Å²) in [6, 6.07) is 20.4. The van der Waals surface area contributed by atoms with Crippen molar-refractivity contribution in [3.63, 3.8) is 0 Å². The smallest absolute Gasteiger partial charge is 0.171 e. The molecule has 0 aliphatic heterocycles. The molecule has 0 saturated carbocycles.